The van der Waals surface area contributed by atoms with Gasteiger partial charge in [-0.1, -0.05) is 12.1 Å². The van der Waals surface area contributed by atoms with E-state index in [-0.39, 0.29) is 6.61 Å². The van der Waals surface area contributed by atoms with Gasteiger partial charge in [-0.15, -0.1) is 0 Å². The number of anilines is 2. The third-order valence-corrected chi connectivity index (χ3v) is 4.10. The number of ether oxygens (including phenoxy) is 2. The molecule has 134 valence electrons. The minimum absolute atomic E-state index is 0.215. The highest BCUT2D eigenvalue weighted by atomic mass is 16.5. The number of amides is 1. The third-order valence-electron chi connectivity index (χ3n) is 4.10. The van der Waals surface area contributed by atoms with E-state index in [2.05, 4.69) is 30.1 Å². The van der Waals surface area contributed by atoms with Crippen LogP contribution >= 0.6 is 0 Å². The number of hydrogen-bond donors (Lipinski definition) is 1. The van der Waals surface area contributed by atoms with Crippen LogP contribution in [0, 0.1) is 6.92 Å². The van der Waals surface area contributed by atoms with Crippen LogP contribution in [-0.4, -0.2) is 26.3 Å². The number of rotatable bonds is 7. The zero-order valence-electron chi connectivity index (χ0n) is 15.3. The summed E-state index contributed by atoms with van der Waals surface area (Å²) in [6.07, 6.45) is -0.463. The maximum atomic E-state index is 12.0. The van der Waals surface area contributed by atoms with Crippen molar-refractivity contribution in [3.8, 4) is 5.75 Å². The fourth-order valence-electron chi connectivity index (χ4n) is 2.59. The van der Waals surface area contributed by atoms with Crippen molar-refractivity contribution >= 4 is 17.5 Å². The smallest absolute Gasteiger partial charge is 0.411 e. The molecule has 0 spiro atoms. The molecule has 25 heavy (non-hydrogen) atoms. The number of aryl methyl sites for hydroxylation is 1. The largest absolute Gasteiger partial charge is 0.497 e. The number of carbonyl (C=O) groups excluding carboxylic acids is 1. The lowest BCUT2D eigenvalue weighted by molar-refractivity contribution is 0.155. The first-order valence-electron chi connectivity index (χ1n) is 8.49. The summed E-state index contributed by atoms with van der Waals surface area (Å²) in [5, 5.41) is 2.80. The van der Waals surface area contributed by atoms with Crippen molar-refractivity contribution in [1.29, 1.82) is 0 Å². The number of nitrogens with zero attached hydrogens (tertiary/aromatic N) is 1. The Hall–Kier alpha value is -2.69. The lowest BCUT2D eigenvalue weighted by Crippen LogP contribution is -2.22. The van der Waals surface area contributed by atoms with E-state index in [1.54, 1.807) is 7.11 Å². The highest BCUT2D eigenvalue weighted by Crippen LogP contribution is 2.23. The fraction of sp³-hybridized carbons (Fsp3) is 0.350. The molecule has 0 radical (unpaired) electrons. The minimum atomic E-state index is -0.463. The highest BCUT2D eigenvalue weighted by molar-refractivity contribution is 5.86. The predicted molar refractivity (Wildman–Crippen MR) is 102 cm³/mol. The maximum absolute atomic E-state index is 12.0. The molecule has 0 bridgehead atoms. The average molecular weight is 342 g/mol. The van der Waals surface area contributed by atoms with Gasteiger partial charge in [0, 0.05) is 24.5 Å². The second-order valence-electron chi connectivity index (χ2n) is 5.72. The fourth-order valence-corrected chi connectivity index (χ4v) is 2.59. The molecule has 0 aliphatic heterocycles. The van der Waals surface area contributed by atoms with Gasteiger partial charge in [-0.2, -0.15) is 0 Å². The summed E-state index contributed by atoms with van der Waals surface area (Å²) in [4.78, 5) is 14.3. The van der Waals surface area contributed by atoms with E-state index in [9.17, 15) is 4.79 Å². The molecule has 0 saturated carbocycles. The molecule has 0 unspecified atom stereocenters. The van der Waals surface area contributed by atoms with Crippen LogP contribution in [-0.2, 0) is 11.3 Å². The number of carbonyl (C=O) groups is 1. The summed E-state index contributed by atoms with van der Waals surface area (Å²) in [5.41, 5.74) is 3.82. The van der Waals surface area contributed by atoms with Crippen molar-refractivity contribution in [2.45, 2.75) is 27.4 Å². The van der Waals surface area contributed by atoms with Crippen LogP contribution < -0.4 is 15.0 Å². The molecule has 0 aromatic heterocycles. The van der Waals surface area contributed by atoms with Gasteiger partial charge in [0.2, 0.25) is 0 Å². The first-order valence-corrected chi connectivity index (χ1v) is 8.49. The van der Waals surface area contributed by atoms with Crippen LogP contribution in [0.25, 0.3) is 0 Å². The Bertz CT molecular complexity index is 695. The molecule has 2 aromatic carbocycles. The zero-order chi connectivity index (χ0) is 18.2. The summed E-state index contributed by atoms with van der Waals surface area (Å²) in [5.74, 6) is 0.775. The van der Waals surface area contributed by atoms with Crippen LogP contribution in [0.3, 0.4) is 0 Å². The van der Waals surface area contributed by atoms with Gasteiger partial charge >= 0.3 is 6.09 Å². The second-order valence-corrected chi connectivity index (χ2v) is 5.72. The van der Waals surface area contributed by atoms with Crippen LogP contribution in [0.2, 0.25) is 0 Å². The molecule has 2 aromatic rings. The number of nitrogens with one attached hydrogen (secondary N) is 1. The molecule has 1 N–H and O–H groups in total. The van der Waals surface area contributed by atoms with Crippen molar-refractivity contribution < 1.29 is 14.3 Å². The SMILES string of the molecule is CCN(CC)c1ccc(NC(=O)OCc2ccc(OC)cc2)c(C)c1. The standard InChI is InChI=1S/C20H26N2O3/c1-5-22(6-2)17-9-12-19(15(3)13-17)21-20(23)25-14-16-7-10-18(24-4)11-8-16/h7-13H,5-6,14H2,1-4H3,(H,21,23). The molecule has 2 rings (SSSR count). The van der Waals surface area contributed by atoms with Crippen LogP contribution in [0.15, 0.2) is 42.5 Å². The first kappa shape index (κ1) is 18.6. The number of hydrogen-bond acceptors (Lipinski definition) is 4. The van der Waals surface area contributed by atoms with Gasteiger partial charge in [-0.3, -0.25) is 5.32 Å². The van der Waals surface area contributed by atoms with Crippen LogP contribution in [0.1, 0.15) is 25.0 Å². The molecule has 5 heteroatoms. The summed E-state index contributed by atoms with van der Waals surface area (Å²) < 4.78 is 10.4. The second kappa shape index (κ2) is 8.97. The van der Waals surface area contributed by atoms with Gasteiger partial charge in [-0.05, 0) is 62.2 Å². The monoisotopic (exact) mass is 342 g/mol. The minimum Gasteiger partial charge on any atom is -0.497 e. The molecule has 0 heterocycles. The summed E-state index contributed by atoms with van der Waals surface area (Å²) in [6.45, 7) is 8.35. The van der Waals surface area contributed by atoms with Gasteiger partial charge in [0.15, 0.2) is 0 Å². The highest BCUT2D eigenvalue weighted by Gasteiger charge is 2.09. The molecule has 1 amide bonds. The van der Waals surface area contributed by atoms with E-state index in [0.29, 0.717) is 0 Å². The predicted octanol–water partition coefficient (Wildman–Crippen LogP) is 4.60. The Labute approximate surface area is 149 Å². The molecule has 0 saturated heterocycles. The van der Waals surface area contributed by atoms with Crippen LogP contribution in [0.5, 0.6) is 5.75 Å². The molecule has 0 atom stereocenters. The van der Waals surface area contributed by atoms with E-state index in [1.807, 2.05) is 43.3 Å². The quantitative estimate of drug-likeness (QED) is 0.799. The topological polar surface area (TPSA) is 50.8 Å². The van der Waals surface area contributed by atoms with Crippen molar-refractivity contribution in [2.75, 3.05) is 30.4 Å². The van der Waals surface area contributed by atoms with E-state index in [1.165, 1.54) is 0 Å². The molecular weight excluding hydrogens is 316 g/mol. The first-order chi connectivity index (χ1) is 12.1. The number of benzene rings is 2. The van der Waals surface area contributed by atoms with Gasteiger partial charge < -0.3 is 14.4 Å². The van der Waals surface area contributed by atoms with Crippen molar-refractivity contribution in [2.24, 2.45) is 0 Å². The summed E-state index contributed by atoms with van der Waals surface area (Å²) in [6, 6.07) is 13.4. The maximum Gasteiger partial charge on any atom is 0.411 e. The van der Waals surface area contributed by atoms with E-state index < -0.39 is 6.09 Å². The Morgan fingerprint density at radius 2 is 1.76 bits per heavy atom. The normalized spacial score (nSPS) is 10.2. The van der Waals surface area contributed by atoms with Gasteiger partial charge in [0.1, 0.15) is 12.4 Å². The lowest BCUT2D eigenvalue weighted by atomic mass is 10.1. The van der Waals surface area contributed by atoms with Gasteiger partial charge in [0.25, 0.3) is 0 Å². The molecule has 0 aliphatic rings. The van der Waals surface area contributed by atoms with Crippen molar-refractivity contribution in [1.82, 2.24) is 0 Å². The summed E-state index contributed by atoms with van der Waals surface area (Å²) >= 11 is 0. The van der Waals surface area contributed by atoms with Crippen molar-refractivity contribution in [3.05, 3.63) is 53.6 Å². The molecule has 0 aliphatic carbocycles. The lowest BCUT2D eigenvalue weighted by Gasteiger charge is -2.22. The average Bonchev–Trinajstić information content (AvgIpc) is 2.63. The third kappa shape index (κ3) is 5.14. The Morgan fingerprint density at radius 1 is 1.08 bits per heavy atom. The molecule has 0 fully saturated rings. The molecular formula is C20H26N2O3. The van der Waals surface area contributed by atoms with Gasteiger partial charge in [-0.25, -0.2) is 4.79 Å². The molecule has 5 nitrogen and oxygen atoms in total. The summed E-state index contributed by atoms with van der Waals surface area (Å²) in [7, 11) is 1.62. The Morgan fingerprint density at radius 3 is 2.32 bits per heavy atom. The van der Waals surface area contributed by atoms with E-state index in [0.717, 1.165) is 41.3 Å². The van der Waals surface area contributed by atoms with E-state index in [4.69, 9.17) is 9.47 Å². The van der Waals surface area contributed by atoms with Crippen molar-refractivity contribution in [3.63, 3.8) is 0 Å². The van der Waals surface area contributed by atoms with Crippen LogP contribution in [0.4, 0.5) is 16.2 Å². The Balaban J connectivity index is 1.93. The Kier molecular flexibility index (Phi) is 6.69. The van der Waals surface area contributed by atoms with E-state index >= 15 is 0 Å². The zero-order valence-corrected chi connectivity index (χ0v) is 15.3. The van der Waals surface area contributed by atoms with Gasteiger partial charge in [0.05, 0.1) is 7.11 Å². The number of methoxy groups -OCH3 is 1.